The number of ether oxygens (including phenoxy) is 1. The summed E-state index contributed by atoms with van der Waals surface area (Å²) in [4.78, 5) is 25.0. The molecular weight excluding hydrogens is 432 g/mol. The fraction of sp³-hybridized carbons (Fsp3) is 0.773. The van der Waals surface area contributed by atoms with Crippen molar-refractivity contribution >= 4 is 23.7 Å². The molecule has 4 aliphatic rings. The van der Waals surface area contributed by atoms with Gasteiger partial charge in [0, 0.05) is 11.3 Å². The van der Waals surface area contributed by atoms with Crippen LogP contribution in [0.1, 0.15) is 70.4 Å². The summed E-state index contributed by atoms with van der Waals surface area (Å²) >= 11 is 1.45. The highest BCUT2D eigenvalue weighted by Crippen LogP contribution is 2.55. The Balaban J connectivity index is 1.48. The molecule has 4 fully saturated rings. The molecule has 9 nitrogen and oxygen atoms in total. The van der Waals surface area contributed by atoms with Gasteiger partial charge in [0.1, 0.15) is 11.5 Å². The van der Waals surface area contributed by atoms with Crippen molar-refractivity contribution in [1.82, 2.24) is 15.8 Å². The third kappa shape index (κ3) is 4.85. The molecule has 5 N–H and O–H groups in total. The molecule has 4 aliphatic carbocycles. The van der Waals surface area contributed by atoms with Crippen LogP contribution in [0.15, 0.2) is 9.42 Å². The van der Waals surface area contributed by atoms with Crippen molar-refractivity contribution in [2.24, 2.45) is 23.5 Å². The van der Waals surface area contributed by atoms with Crippen molar-refractivity contribution < 1.29 is 24.0 Å². The molecule has 2 atom stereocenters. The van der Waals surface area contributed by atoms with Gasteiger partial charge in [-0.3, -0.25) is 4.79 Å². The lowest BCUT2D eigenvalue weighted by atomic mass is 9.52. The number of nitrogens with zero attached hydrogens (tertiary/aromatic N) is 1. The van der Waals surface area contributed by atoms with Crippen LogP contribution in [0.25, 0.3) is 0 Å². The molecule has 1 heterocycles. The zero-order valence-corrected chi connectivity index (χ0v) is 20.0. The largest absolute Gasteiger partial charge is 0.472 e. The van der Waals surface area contributed by atoms with Gasteiger partial charge in [0.15, 0.2) is 0 Å². The Morgan fingerprint density at radius 3 is 2.53 bits per heavy atom. The summed E-state index contributed by atoms with van der Waals surface area (Å²) in [6.07, 6.45) is 4.53. The first-order valence-electron chi connectivity index (χ1n) is 11.3. The topological polar surface area (TPSA) is 140 Å². The molecule has 0 aliphatic heterocycles. The number of amides is 3. The molecule has 0 aromatic carbocycles. The van der Waals surface area contributed by atoms with E-state index in [1.165, 1.54) is 11.8 Å². The maximum atomic E-state index is 13.2. The maximum Gasteiger partial charge on any atom is 0.312 e. The first kappa shape index (κ1) is 23.2. The van der Waals surface area contributed by atoms with Crippen LogP contribution in [0.5, 0.6) is 5.88 Å². The Kier molecular flexibility index (Phi) is 6.13. The second-order valence-corrected chi connectivity index (χ2v) is 12.3. The zero-order chi connectivity index (χ0) is 23.3. The zero-order valence-electron chi connectivity index (χ0n) is 19.1. The van der Waals surface area contributed by atoms with E-state index in [9.17, 15) is 14.7 Å². The summed E-state index contributed by atoms with van der Waals surface area (Å²) < 4.78 is 11.3. The fourth-order valence-corrected chi connectivity index (χ4v) is 6.80. The summed E-state index contributed by atoms with van der Waals surface area (Å²) in [6.45, 7) is 7.70. The van der Waals surface area contributed by atoms with E-state index in [4.69, 9.17) is 15.0 Å². The van der Waals surface area contributed by atoms with Crippen LogP contribution in [0.4, 0.5) is 4.79 Å². The predicted molar refractivity (Wildman–Crippen MR) is 120 cm³/mol. The van der Waals surface area contributed by atoms with Crippen LogP contribution >= 0.6 is 11.8 Å². The molecule has 178 valence electrons. The second-order valence-electron chi connectivity index (χ2n) is 10.7. The van der Waals surface area contributed by atoms with E-state index in [1.807, 2.05) is 13.8 Å². The van der Waals surface area contributed by atoms with Crippen LogP contribution in [0, 0.1) is 17.8 Å². The number of hydrogen-bond acceptors (Lipinski definition) is 7. The molecule has 32 heavy (non-hydrogen) atoms. The number of primary amides is 1. The molecule has 1 aromatic rings. The first-order chi connectivity index (χ1) is 14.9. The Bertz CT molecular complexity index is 870. The third-order valence-corrected chi connectivity index (χ3v) is 7.82. The van der Waals surface area contributed by atoms with Crippen molar-refractivity contribution in [3.63, 3.8) is 0 Å². The van der Waals surface area contributed by atoms with Crippen LogP contribution in [0.2, 0.25) is 0 Å². The molecule has 0 radical (unpaired) electrons. The monoisotopic (exact) mass is 466 g/mol. The van der Waals surface area contributed by atoms with Gasteiger partial charge in [-0.15, -0.1) is 11.8 Å². The number of nitrogens with one attached hydrogen (secondary N) is 2. The molecule has 4 bridgehead atoms. The predicted octanol–water partition coefficient (Wildman–Crippen LogP) is 2.67. The van der Waals surface area contributed by atoms with E-state index in [2.05, 4.69) is 15.8 Å². The second kappa shape index (κ2) is 8.44. The third-order valence-electron chi connectivity index (χ3n) is 6.75. The molecule has 10 heteroatoms. The van der Waals surface area contributed by atoms with Gasteiger partial charge in [0.05, 0.1) is 11.1 Å². The summed E-state index contributed by atoms with van der Waals surface area (Å²) in [7, 11) is 0. The average Bonchev–Trinajstić information content (AvgIpc) is 3.02. The number of nitrogens with two attached hydrogens (primary N) is 1. The van der Waals surface area contributed by atoms with Gasteiger partial charge in [-0.2, -0.15) is 0 Å². The molecule has 1 aromatic heterocycles. The maximum absolute atomic E-state index is 13.2. The minimum absolute atomic E-state index is 0.0457. The van der Waals surface area contributed by atoms with Crippen LogP contribution in [0.3, 0.4) is 0 Å². The van der Waals surface area contributed by atoms with Crippen LogP contribution < -0.4 is 21.1 Å². The Labute approximate surface area is 192 Å². The van der Waals surface area contributed by atoms with Gasteiger partial charge < -0.3 is 30.7 Å². The quantitative estimate of drug-likeness (QED) is 0.432. The molecule has 2 unspecified atom stereocenters. The molecule has 3 amide bonds. The average molecular weight is 467 g/mol. The first-order valence-corrected chi connectivity index (χ1v) is 12.2. The van der Waals surface area contributed by atoms with Crippen molar-refractivity contribution in [2.75, 3.05) is 6.61 Å². The number of carbonyl (C=O) groups is 2. The number of urea groups is 1. The number of aliphatic hydroxyl groups is 1. The Morgan fingerprint density at radius 2 is 1.97 bits per heavy atom. The molecule has 5 rings (SSSR count). The smallest absolute Gasteiger partial charge is 0.312 e. The van der Waals surface area contributed by atoms with Gasteiger partial charge in [0.2, 0.25) is 5.76 Å². The minimum atomic E-state index is -0.715. The number of rotatable bonds is 8. The SMILES string of the molecule is CC(C)Sc1c(OCC(C)(C)NC(N)=O)noc1C(=O)N[C@H]1C2CC3CC1C[C@](O)(C3)C2. The lowest BCUT2D eigenvalue weighted by Crippen LogP contribution is -2.61. The lowest BCUT2D eigenvalue weighted by molar-refractivity contribution is -0.137. The number of thioether (sulfide) groups is 1. The standard InChI is InChI=1S/C22H34N4O5S/c1-11(2)32-17-16(31-26-19(17)30-10-21(3,4)25-20(23)28)18(27)24-15-13-5-12-6-14(15)9-22(29,7-12)8-13/h11-15,29H,5-10H2,1-4H3,(H,24,27)(H3,23,25,28)/t12?,13?,14?,15-,22-. The highest BCUT2D eigenvalue weighted by atomic mass is 32.2. The summed E-state index contributed by atoms with van der Waals surface area (Å²) in [5, 5.41) is 20.8. The van der Waals surface area contributed by atoms with Crippen LogP contribution in [-0.2, 0) is 0 Å². The number of carbonyl (C=O) groups excluding carboxylic acids is 2. The van der Waals surface area contributed by atoms with Gasteiger partial charge in [-0.05, 0) is 68.9 Å². The van der Waals surface area contributed by atoms with Crippen molar-refractivity contribution in [3.05, 3.63) is 5.76 Å². The van der Waals surface area contributed by atoms with Gasteiger partial charge >= 0.3 is 6.03 Å². The highest BCUT2D eigenvalue weighted by molar-refractivity contribution is 8.00. The molecule has 0 saturated heterocycles. The van der Waals surface area contributed by atoms with E-state index in [-0.39, 0.29) is 35.4 Å². The van der Waals surface area contributed by atoms with Crippen molar-refractivity contribution in [2.45, 2.75) is 87.1 Å². The van der Waals surface area contributed by atoms with E-state index in [0.717, 1.165) is 32.1 Å². The molecule has 4 saturated carbocycles. The van der Waals surface area contributed by atoms with Gasteiger partial charge in [-0.1, -0.05) is 13.8 Å². The van der Waals surface area contributed by atoms with Gasteiger partial charge in [-0.25, -0.2) is 4.79 Å². The highest BCUT2D eigenvalue weighted by Gasteiger charge is 2.55. The van der Waals surface area contributed by atoms with E-state index in [0.29, 0.717) is 22.6 Å². The van der Waals surface area contributed by atoms with E-state index >= 15 is 0 Å². The lowest BCUT2D eigenvalue weighted by Gasteiger charge is -2.58. The molecule has 0 spiro atoms. The minimum Gasteiger partial charge on any atom is -0.472 e. The summed E-state index contributed by atoms with van der Waals surface area (Å²) in [5.74, 6) is 1.25. The van der Waals surface area contributed by atoms with Crippen molar-refractivity contribution in [3.8, 4) is 5.88 Å². The normalized spacial score (nSPS) is 31.1. The Hall–Kier alpha value is -1.94. The van der Waals surface area contributed by atoms with Crippen LogP contribution in [-0.4, -0.2) is 51.2 Å². The summed E-state index contributed by atoms with van der Waals surface area (Å²) in [6, 6.07) is -0.597. The van der Waals surface area contributed by atoms with Crippen molar-refractivity contribution in [1.29, 1.82) is 0 Å². The van der Waals surface area contributed by atoms with E-state index < -0.39 is 17.2 Å². The van der Waals surface area contributed by atoms with Gasteiger partial charge in [0.25, 0.3) is 11.8 Å². The summed E-state index contributed by atoms with van der Waals surface area (Å²) in [5.41, 5.74) is 3.96. The number of aromatic nitrogens is 1. The fourth-order valence-electron chi connectivity index (χ4n) is 5.90. The Morgan fingerprint density at radius 1 is 1.31 bits per heavy atom. The van der Waals surface area contributed by atoms with E-state index in [1.54, 1.807) is 13.8 Å². The number of hydrogen-bond donors (Lipinski definition) is 4. The molecular formula is C22H34N4O5S.